The van der Waals surface area contributed by atoms with Crippen molar-refractivity contribution in [2.45, 2.75) is 14.8 Å². The number of aromatic nitrogens is 1. The molecule has 2 rings (SSSR count). The lowest BCUT2D eigenvalue weighted by Gasteiger charge is -2.02. The second-order valence-electron chi connectivity index (χ2n) is 3.43. The van der Waals surface area contributed by atoms with Crippen LogP contribution in [-0.4, -0.2) is 13.4 Å². The Hall–Kier alpha value is -1.08. The molecule has 0 radical (unpaired) electrons. The molecule has 2 aromatic rings. The standard InChI is InChI=1S/C11H9ClN2O2S2/c12-8-1-3-9(4-2-8)17-11-6-5-10(7-14-11)18(13,15)16/h1-7H,(H2,13,15,16). The van der Waals surface area contributed by atoms with E-state index in [1.165, 1.54) is 24.0 Å². The van der Waals surface area contributed by atoms with Crippen LogP contribution >= 0.6 is 23.4 Å². The van der Waals surface area contributed by atoms with Crippen molar-refractivity contribution in [1.29, 1.82) is 0 Å². The normalized spacial score (nSPS) is 11.4. The van der Waals surface area contributed by atoms with Gasteiger partial charge in [0.25, 0.3) is 0 Å². The van der Waals surface area contributed by atoms with Gasteiger partial charge in [-0.3, -0.25) is 0 Å². The third kappa shape index (κ3) is 3.46. The Balaban J connectivity index is 2.18. The number of pyridine rings is 1. The van der Waals surface area contributed by atoms with Crippen molar-refractivity contribution in [1.82, 2.24) is 4.98 Å². The molecular weight excluding hydrogens is 292 g/mol. The molecule has 0 saturated carbocycles. The lowest BCUT2D eigenvalue weighted by atomic mass is 10.4. The molecule has 0 atom stereocenters. The van der Waals surface area contributed by atoms with Gasteiger partial charge in [-0.1, -0.05) is 23.4 Å². The van der Waals surface area contributed by atoms with Gasteiger partial charge in [0.1, 0.15) is 9.92 Å². The molecule has 1 aromatic heterocycles. The summed E-state index contributed by atoms with van der Waals surface area (Å²) in [4.78, 5) is 5.00. The molecule has 0 fully saturated rings. The summed E-state index contributed by atoms with van der Waals surface area (Å²) < 4.78 is 22.1. The Kier molecular flexibility index (Phi) is 3.91. The Labute approximate surface area is 114 Å². The Morgan fingerprint density at radius 3 is 2.28 bits per heavy atom. The number of primary sulfonamides is 1. The number of nitrogens with zero attached hydrogens (tertiary/aromatic N) is 1. The second kappa shape index (κ2) is 5.27. The quantitative estimate of drug-likeness (QED) is 0.945. The highest BCUT2D eigenvalue weighted by molar-refractivity contribution is 7.99. The number of hydrogen-bond donors (Lipinski definition) is 1. The fourth-order valence-electron chi connectivity index (χ4n) is 1.22. The number of nitrogens with two attached hydrogens (primary N) is 1. The highest BCUT2D eigenvalue weighted by Gasteiger charge is 2.08. The van der Waals surface area contributed by atoms with Crippen molar-refractivity contribution in [3.63, 3.8) is 0 Å². The van der Waals surface area contributed by atoms with E-state index in [4.69, 9.17) is 16.7 Å². The second-order valence-corrected chi connectivity index (χ2v) is 6.52. The fourth-order valence-corrected chi connectivity index (χ4v) is 2.56. The summed E-state index contributed by atoms with van der Waals surface area (Å²) in [6, 6.07) is 10.3. The number of sulfonamides is 1. The minimum atomic E-state index is -3.69. The van der Waals surface area contributed by atoms with Crippen LogP contribution in [0.15, 0.2) is 57.4 Å². The van der Waals surface area contributed by atoms with Gasteiger partial charge in [0.05, 0.1) is 0 Å². The zero-order chi connectivity index (χ0) is 13.2. The van der Waals surface area contributed by atoms with E-state index in [0.717, 1.165) is 4.90 Å². The maximum absolute atomic E-state index is 11.1. The smallest absolute Gasteiger partial charge is 0.239 e. The van der Waals surface area contributed by atoms with Crippen LogP contribution in [0.1, 0.15) is 0 Å². The molecule has 0 aliphatic carbocycles. The minimum Gasteiger partial charge on any atom is -0.248 e. The summed E-state index contributed by atoms with van der Waals surface area (Å²) in [6.45, 7) is 0. The minimum absolute atomic E-state index is 0.00274. The maximum atomic E-state index is 11.1. The Morgan fingerprint density at radius 2 is 1.78 bits per heavy atom. The van der Waals surface area contributed by atoms with Gasteiger partial charge in [0.15, 0.2) is 0 Å². The lowest BCUT2D eigenvalue weighted by molar-refractivity contribution is 0.597. The summed E-state index contributed by atoms with van der Waals surface area (Å²) in [5.41, 5.74) is 0. The van der Waals surface area contributed by atoms with Crippen molar-refractivity contribution < 1.29 is 8.42 Å². The number of rotatable bonds is 3. The van der Waals surface area contributed by atoms with Gasteiger partial charge in [-0.2, -0.15) is 0 Å². The molecule has 4 nitrogen and oxygen atoms in total. The van der Waals surface area contributed by atoms with Crippen LogP contribution < -0.4 is 5.14 Å². The third-order valence-corrected chi connectivity index (χ3v) is 4.18. The summed E-state index contributed by atoms with van der Waals surface area (Å²) in [6.07, 6.45) is 1.24. The van der Waals surface area contributed by atoms with Crippen LogP contribution in [0, 0.1) is 0 Å². The van der Waals surface area contributed by atoms with E-state index in [2.05, 4.69) is 4.98 Å². The molecule has 0 saturated heterocycles. The van der Waals surface area contributed by atoms with Crippen molar-refractivity contribution in [2.75, 3.05) is 0 Å². The number of benzene rings is 1. The fraction of sp³-hybridized carbons (Fsp3) is 0. The summed E-state index contributed by atoms with van der Waals surface area (Å²) in [5.74, 6) is 0. The molecule has 0 unspecified atom stereocenters. The molecule has 0 spiro atoms. The molecule has 1 heterocycles. The van der Waals surface area contributed by atoms with Gasteiger partial charge >= 0.3 is 0 Å². The Bertz CT molecular complexity index is 640. The van der Waals surface area contributed by atoms with Gasteiger partial charge < -0.3 is 0 Å². The van der Waals surface area contributed by atoms with E-state index in [-0.39, 0.29) is 4.90 Å². The van der Waals surface area contributed by atoms with Crippen LogP contribution in [0.4, 0.5) is 0 Å². The maximum Gasteiger partial charge on any atom is 0.239 e. The zero-order valence-electron chi connectivity index (χ0n) is 9.08. The first-order chi connectivity index (χ1) is 8.45. The van der Waals surface area contributed by atoms with Gasteiger partial charge in [-0.05, 0) is 36.4 Å². The van der Waals surface area contributed by atoms with E-state index in [0.29, 0.717) is 10.0 Å². The van der Waals surface area contributed by atoms with Crippen LogP contribution in [0.2, 0.25) is 5.02 Å². The van der Waals surface area contributed by atoms with E-state index in [9.17, 15) is 8.42 Å². The van der Waals surface area contributed by atoms with E-state index >= 15 is 0 Å². The molecular formula is C11H9ClN2O2S2. The van der Waals surface area contributed by atoms with Gasteiger partial charge in [-0.25, -0.2) is 18.5 Å². The van der Waals surface area contributed by atoms with E-state index in [1.807, 2.05) is 12.1 Å². The van der Waals surface area contributed by atoms with Crippen LogP contribution in [-0.2, 0) is 10.0 Å². The monoisotopic (exact) mass is 300 g/mol. The van der Waals surface area contributed by atoms with Crippen molar-refractivity contribution in [2.24, 2.45) is 5.14 Å². The van der Waals surface area contributed by atoms with Gasteiger partial charge in [0.2, 0.25) is 10.0 Å². The molecule has 2 N–H and O–H groups in total. The topological polar surface area (TPSA) is 73.1 Å². The zero-order valence-corrected chi connectivity index (χ0v) is 11.5. The van der Waals surface area contributed by atoms with Crippen LogP contribution in [0.25, 0.3) is 0 Å². The Morgan fingerprint density at radius 1 is 1.11 bits per heavy atom. The van der Waals surface area contributed by atoms with Crippen molar-refractivity contribution in [3.8, 4) is 0 Å². The molecule has 0 aliphatic rings. The number of hydrogen-bond acceptors (Lipinski definition) is 4. The summed E-state index contributed by atoms with van der Waals surface area (Å²) >= 11 is 7.19. The van der Waals surface area contributed by atoms with Crippen LogP contribution in [0.3, 0.4) is 0 Å². The highest BCUT2D eigenvalue weighted by Crippen LogP contribution is 2.27. The molecule has 7 heteroatoms. The molecule has 18 heavy (non-hydrogen) atoms. The largest absolute Gasteiger partial charge is 0.248 e. The van der Waals surface area contributed by atoms with E-state index in [1.54, 1.807) is 18.2 Å². The highest BCUT2D eigenvalue weighted by atomic mass is 35.5. The molecule has 1 aromatic carbocycles. The first kappa shape index (κ1) is 13.4. The average Bonchev–Trinajstić information content (AvgIpc) is 2.32. The van der Waals surface area contributed by atoms with Gasteiger partial charge in [0, 0.05) is 16.1 Å². The molecule has 0 aliphatic heterocycles. The molecule has 0 bridgehead atoms. The average molecular weight is 301 g/mol. The first-order valence-corrected chi connectivity index (χ1v) is 7.61. The number of halogens is 1. The summed E-state index contributed by atoms with van der Waals surface area (Å²) in [5, 5.41) is 6.34. The van der Waals surface area contributed by atoms with Gasteiger partial charge in [-0.15, -0.1) is 0 Å². The van der Waals surface area contributed by atoms with Crippen molar-refractivity contribution in [3.05, 3.63) is 47.6 Å². The first-order valence-electron chi connectivity index (χ1n) is 4.87. The molecule has 0 amide bonds. The lowest BCUT2D eigenvalue weighted by Crippen LogP contribution is -2.12. The predicted molar refractivity (Wildman–Crippen MR) is 71.2 cm³/mol. The van der Waals surface area contributed by atoms with E-state index < -0.39 is 10.0 Å². The summed E-state index contributed by atoms with van der Waals surface area (Å²) in [7, 11) is -3.69. The third-order valence-electron chi connectivity index (χ3n) is 2.07. The SMILES string of the molecule is NS(=O)(=O)c1ccc(Sc2ccc(Cl)cc2)nc1. The molecule has 94 valence electrons. The van der Waals surface area contributed by atoms with Crippen LogP contribution in [0.5, 0.6) is 0 Å². The predicted octanol–water partition coefficient (Wildman–Crippen LogP) is 2.53. The van der Waals surface area contributed by atoms with Crippen molar-refractivity contribution >= 4 is 33.4 Å².